The number of methoxy groups -OCH3 is 1. The number of ether oxygens (including phenoxy) is 2. The Kier molecular flexibility index (Phi) is 6.26. The molecule has 2 aliphatic heterocycles. The Bertz CT molecular complexity index is 576. The average molecular weight is 350 g/mol. The number of para-hydroxylation sites is 1. The number of benzene rings is 1. The van der Waals surface area contributed by atoms with Crippen LogP contribution in [-0.2, 0) is 9.53 Å². The molecule has 0 N–H and O–H groups in total. The molecule has 0 spiro atoms. The zero-order chi connectivity index (χ0) is 17.6. The lowest BCUT2D eigenvalue weighted by Crippen LogP contribution is -2.45. The molecule has 5 nitrogen and oxygen atoms in total. The van der Waals surface area contributed by atoms with Crippen LogP contribution in [0.4, 0.5) is 4.39 Å². The van der Waals surface area contributed by atoms with Crippen molar-refractivity contribution in [2.24, 2.45) is 5.92 Å². The third kappa shape index (κ3) is 4.70. The highest BCUT2D eigenvalue weighted by atomic mass is 19.1. The first-order valence-corrected chi connectivity index (χ1v) is 9.08. The normalized spacial score (nSPS) is 22.3. The predicted molar refractivity (Wildman–Crippen MR) is 93.1 cm³/mol. The first-order chi connectivity index (χ1) is 12.2. The molecular formula is C19H27FN2O3. The maximum atomic E-state index is 13.7. The lowest BCUT2D eigenvalue weighted by atomic mass is 10.0. The molecule has 1 amide bonds. The zero-order valence-corrected chi connectivity index (χ0v) is 14.8. The molecule has 2 aliphatic rings. The molecule has 0 radical (unpaired) electrons. The number of hydrogen-bond donors (Lipinski definition) is 0. The number of hydrogen-bond acceptors (Lipinski definition) is 4. The van der Waals surface area contributed by atoms with Gasteiger partial charge in [-0.25, -0.2) is 4.39 Å². The Morgan fingerprint density at radius 3 is 2.68 bits per heavy atom. The minimum absolute atomic E-state index is 0.0253. The van der Waals surface area contributed by atoms with Crippen molar-refractivity contribution in [2.75, 3.05) is 46.4 Å². The van der Waals surface area contributed by atoms with Crippen LogP contribution in [0.15, 0.2) is 24.3 Å². The van der Waals surface area contributed by atoms with Gasteiger partial charge in [0.2, 0.25) is 5.91 Å². The first kappa shape index (κ1) is 18.1. The van der Waals surface area contributed by atoms with Crippen molar-refractivity contribution < 1.29 is 18.7 Å². The number of rotatable bonds is 6. The van der Waals surface area contributed by atoms with Gasteiger partial charge < -0.3 is 19.3 Å². The van der Waals surface area contributed by atoms with E-state index in [1.165, 1.54) is 6.07 Å². The highest BCUT2D eigenvalue weighted by molar-refractivity contribution is 5.79. The van der Waals surface area contributed by atoms with Crippen molar-refractivity contribution in [1.29, 1.82) is 0 Å². The van der Waals surface area contributed by atoms with Gasteiger partial charge in [-0.15, -0.1) is 0 Å². The molecule has 1 aromatic carbocycles. The smallest absolute Gasteiger partial charge is 0.227 e. The van der Waals surface area contributed by atoms with Crippen molar-refractivity contribution in [3.63, 3.8) is 0 Å². The molecule has 25 heavy (non-hydrogen) atoms. The second-order valence-electron chi connectivity index (χ2n) is 6.85. The molecule has 1 unspecified atom stereocenters. The van der Waals surface area contributed by atoms with Crippen molar-refractivity contribution >= 4 is 5.91 Å². The predicted octanol–water partition coefficient (Wildman–Crippen LogP) is 2.16. The number of nitrogens with zero attached hydrogens (tertiary/aromatic N) is 2. The largest absolute Gasteiger partial charge is 0.487 e. The fraction of sp³-hybridized carbons (Fsp3) is 0.632. The molecule has 1 atom stereocenters. The number of carbonyl (C=O) groups excluding carboxylic acids is 1. The van der Waals surface area contributed by atoms with E-state index in [2.05, 4.69) is 4.90 Å². The van der Waals surface area contributed by atoms with Crippen molar-refractivity contribution in [3.05, 3.63) is 30.1 Å². The second-order valence-corrected chi connectivity index (χ2v) is 6.85. The van der Waals surface area contributed by atoms with Crippen LogP contribution in [0.3, 0.4) is 0 Å². The van der Waals surface area contributed by atoms with Gasteiger partial charge in [-0.3, -0.25) is 4.79 Å². The number of amides is 1. The Morgan fingerprint density at radius 1 is 1.20 bits per heavy atom. The summed E-state index contributed by atoms with van der Waals surface area (Å²) in [4.78, 5) is 16.9. The molecule has 0 saturated carbocycles. The van der Waals surface area contributed by atoms with E-state index in [0.717, 1.165) is 38.9 Å². The van der Waals surface area contributed by atoms with Crippen LogP contribution >= 0.6 is 0 Å². The average Bonchev–Trinajstić information content (AvgIpc) is 3.11. The maximum absolute atomic E-state index is 13.7. The minimum Gasteiger partial charge on any atom is -0.487 e. The third-order valence-electron chi connectivity index (χ3n) is 5.12. The fourth-order valence-electron chi connectivity index (χ4n) is 3.63. The molecule has 0 bridgehead atoms. The van der Waals surface area contributed by atoms with Crippen LogP contribution in [0.25, 0.3) is 0 Å². The van der Waals surface area contributed by atoms with Crippen LogP contribution in [0.2, 0.25) is 0 Å². The highest BCUT2D eigenvalue weighted by Crippen LogP contribution is 2.24. The summed E-state index contributed by atoms with van der Waals surface area (Å²) in [5, 5.41) is 0. The standard InChI is InChI=1S/C19H27FN2O3/c1-24-13-12-21-9-6-15(14-21)19(23)22-10-7-16(8-11-22)25-18-5-3-2-4-17(18)20/h2-5,15-16H,6-14H2,1H3. The first-order valence-electron chi connectivity index (χ1n) is 9.08. The van der Waals surface area contributed by atoms with Gasteiger partial charge in [0.15, 0.2) is 11.6 Å². The van der Waals surface area contributed by atoms with E-state index < -0.39 is 0 Å². The van der Waals surface area contributed by atoms with Crippen LogP contribution in [0, 0.1) is 11.7 Å². The summed E-state index contributed by atoms with van der Waals surface area (Å²) in [6, 6.07) is 6.48. The Morgan fingerprint density at radius 2 is 1.96 bits per heavy atom. The molecular weight excluding hydrogens is 323 g/mol. The lowest BCUT2D eigenvalue weighted by Gasteiger charge is -2.33. The zero-order valence-electron chi connectivity index (χ0n) is 14.8. The molecule has 0 aromatic heterocycles. The Hall–Kier alpha value is -1.66. The number of carbonyl (C=O) groups is 1. The molecule has 2 fully saturated rings. The summed E-state index contributed by atoms with van der Waals surface area (Å²) in [5.41, 5.74) is 0. The molecule has 138 valence electrons. The van der Waals surface area contributed by atoms with Crippen LogP contribution in [0.1, 0.15) is 19.3 Å². The summed E-state index contributed by atoms with van der Waals surface area (Å²) in [6.07, 6.45) is 2.40. The van der Waals surface area contributed by atoms with Gasteiger partial charge in [0, 0.05) is 46.1 Å². The van der Waals surface area contributed by atoms with Gasteiger partial charge in [0.25, 0.3) is 0 Å². The topological polar surface area (TPSA) is 42.0 Å². The van der Waals surface area contributed by atoms with Gasteiger partial charge in [-0.2, -0.15) is 0 Å². The molecule has 2 saturated heterocycles. The van der Waals surface area contributed by atoms with Gasteiger partial charge in [0.1, 0.15) is 6.10 Å². The molecule has 3 rings (SSSR count). The third-order valence-corrected chi connectivity index (χ3v) is 5.12. The van der Waals surface area contributed by atoms with E-state index in [-0.39, 0.29) is 23.7 Å². The Balaban J connectivity index is 1.44. The minimum atomic E-state index is -0.330. The summed E-state index contributed by atoms with van der Waals surface area (Å²) in [7, 11) is 1.70. The summed E-state index contributed by atoms with van der Waals surface area (Å²) in [5.74, 6) is 0.324. The number of piperidine rings is 1. The van der Waals surface area contributed by atoms with Gasteiger partial charge >= 0.3 is 0 Å². The highest BCUT2D eigenvalue weighted by Gasteiger charge is 2.33. The van der Waals surface area contributed by atoms with E-state index in [0.29, 0.717) is 25.4 Å². The van der Waals surface area contributed by atoms with E-state index >= 15 is 0 Å². The lowest BCUT2D eigenvalue weighted by molar-refractivity contribution is -0.137. The second kappa shape index (κ2) is 8.63. The van der Waals surface area contributed by atoms with E-state index in [9.17, 15) is 9.18 Å². The molecule has 6 heteroatoms. The van der Waals surface area contributed by atoms with Crippen LogP contribution < -0.4 is 4.74 Å². The molecule has 2 heterocycles. The van der Waals surface area contributed by atoms with Crippen molar-refractivity contribution in [3.8, 4) is 5.75 Å². The van der Waals surface area contributed by atoms with E-state index in [1.54, 1.807) is 25.3 Å². The number of likely N-dealkylation sites (tertiary alicyclic amines) is 2. The van der Waals surface area contributed by atoms with Gasteiger partial charge in [-0.05, 0) is 25.1 Å². The monoisotopic (exact) mass is 350 g/mol. The summed E-state index contributed by atoms with van der Waals surface area (Å²) in [6.45, 7) is 4.76. The Labute approximate surface area is 148 Å². The van der Waals surface area contributed by atoms with Crippen LogP contribution in [0.5, 0.6) is 5.75 Å². The molecule has 1 aromatic rings. The number of halogens is 1. The van der Waals surface area contributed by atoms with Crippen LogP contribution in [-0.4, -0.2) is 68.3 Å². The fourth-order valence-corrected chi connectivity index (χ4v) is 3.63. The van der Waals surface area contributed by atoms with E-state index in [4.69, 9.17) is 9.47 Å². The van der Waals surface area contributed by atoms with Crippen molar-refractivity contribution in [2.45, 2.75) is 25.4 Å². The SMILES string of the molecule is COCCN1CCC(C(=O)N2CCC(Oc3ccccc3F)CC2)C1. The van der Waals surface area contributed by atoms with E-state index in [1.807, 2.05) is 4.90 Å². The molecule has 0 aliphatic carbocycles. The summed E-state index contributed by atoms with van der Waals surface area (Å²) < 4.78 is 24.5. The summed E-state index contributed by atoms with van der Waals surface area (Å²) >= 11 is 0. The van der Waals surface area contributed by atoms with Crippen molar-refractivity contribution in [1.82, 2.24) is 9.80 Å². The maximum Gasteiger partial charge on any atom is 0.227 e. The quantitative estimate of drug-likeness (QED) is 0.789. The van der Waals surface area contributed by atoms with Gasteiger partial charge in [-0.1, -0.05) is 12.1 Å². The van der Waals surface area contributed by atoms with Gasteiger partial charge in [0.05, 0.1) is 12.5 Å².